The molecule has 0 radical (unpaired) electrons. The fraction of sp³-hybridized carbons (Fsp3) is 0.0400. The lowest BCUT2D eigenvalue weighted by Crippen LogP contribution is -2.34. The van der Waals surface area contributed by atoms with Gasteiger partial charge in [0.1, 0.15) is 0 Å². The Bertz CT molecular complexity index is 6030. The third-order valence-electron chi connectivity index (χ3n) is 22.5. The highest BCUT2D eigenvalue weighted by Crippen LogP contribution is 2.60. The summed E-state index contributed by atoms with van der Waals surface area (Å²) in [6.07, 6.45) is 2.86. The van der Waals surface area contributed by atoms with Crippen molar-refractivity contribution in [3.63, 3.8) is 0 Å². The molecule has 2 aliphatic rings. The largest absolute Gasteiger partial charge is 0.310 e. The molecule has 112 heavy (non-hydrogen) atoms. The van der Waals surface area contributed by atoms with Gasteiger partial charge in [0.25, 0.3) is 0 Å². The van der Waals surface area contributed by atoms with Crippen LogP contribution in [0.25, 0.3) is 89.3 Å². The minimum absolute atomic E-state index is 0.218. The number of hydrogen-bond acceptors (Lipinski definition) is 2. The number of halogens is 10. The van der Waals surface area contributed by atoms with Gasteiger partial charge in [-0.3, -0.25) is 0 Å². The molecule has 0 heterocycles. The fourth-order valence-electron chi connectivity index (χ4n) is 17.3. The summed E-state index contributed by atoms with van der Waals surface area (Å²) in [5, 5.41) is 3.16. The molecule has 0 fully saturated rings. The molecular formula is C100H62F10N2. The van der Waals surface area contributed by atoms with E-state index in [1.165, 1.54) is 0 Å². The van der Waals surface area contributed by atoms with Gasteiger partial charge >= 0.3 is 0 Å². The first-order valence-corrected chi connectivity index (χ1v) is 36.5. The van der Waals surface area contributed by atoms with Crippen molar-refractivity contribution >= 4 is 67.8 Å². The van der Waals surface area contributed by atoms with Crippen molar-refractivity contribution in [3.05, 3.63) is 442 Å². The van der Waals surface area contributed by atoms with Crippen molar-refractivity contribution in [1.82, 2.24) is 0 Å². The van der Waals surface area contributed by atoms with Gasteiger partial charge in [0.15, 0.2) is 46.5 Å². The maximum atomic E-state index is 17.3. The maximum absolute atomic E-state index is 17.3. The van der Waals surface area contributed by atoms with Crippen molar-refractivity contribution in [2.75, 3.05) is 9.80 Å². The molecule has 0 bridgehead atoms. The summed E-state index contributed by atoms with van der Waals surface area (Å²) < 4.78 is 165. The molecule has 2 nitrogen and oxygen atoms in total. The third kappa shape index (κ3) is 11.2. The second kappa shape index (κ2) is 27.8. The topological polar surface area (TPSA) is 6.48 Å². The SMILES string of the molecule is C=Cc1ccc(CC2(c3c(F)c(F)c(F)c(F)c3F)c3ccccc3-c3ccc(N(c4ccc(-c5ccccc5)cc4)c4ccc(-c5ccc(N(c6ccc(-c7ccccc7)cc6)c6ccc7c(c6)C(Cc6ccc(C=C)cc6)(c6c(F)c(F)c(F)c(F)c6F)c6ccccc6-7)c6ccccc56)c5ccccc45)cc32)cc1. The zero-order chi connectivity index (χ0) is 76.8. The van der Waals surface area contributed by atoms with Crippen molar-refractivity contribution in [1.29, 1.82) is 0 Å². The minimum Gasteiger partial charge on any atom is -0.310 e. The van der Waals surface area contributed by atoms with E-state index in [-0.39, 0.29) is 12.8 Å². The molecule has 18 rings (SSSR count). The Labute approximate surface area is 639 Å². The Balaban J connectivity index is 0.835. The molecule has 0 N–H and O–H groups in total. The van der Waals surface area contributed by atoms with Crippen LogP contribution in [0.5, 0.6) is 0 Å². The highest BCUT2D eigenvalue weighted by atomic mass is 19.2. The summed E-state index contributed by atoms with van der Waals surface area (Å²) in [6.45, 7) is 7.80. The van der Waals surface area contributed by atoms with Gasteiger partial charge in [-0.15, -0.1) is 0 Å². The zero-order valence-corrected chi connectivity index (χ0v) is 59.7. The van der Waals surface area contributed by atoms with E-state index in [0.29, 0.717) is 89.8 Å². The summed E-state index contributed by atoms with van der Waals surface area (Å²) in [6, 6.07) is 99.0. The van der Waals surface area contributed by atoms with Crippen LogP contribution in [0.2, 0.25) is 0 Å². The van der Waals surface area contributed by atoms with E-state index in [1.807, 2.05) is 228 Å². The average Bonchev–Trinajstić information content (AvgIpc) is 1.53. The molecule has 2 atom stereocenters. The molecule has 12 heteroatoms. The zero-order valence-electron chi connectivity index (χ0n) is 59.7. The van der Waals surface area contributed by atoms with Gasteiger partial charge < -0.3 is 9.80 Å². The summed E-state index contributed by atoms with van der Waals surface area (Å²) in [5.74, 6) is -20.5. The Morgan fingerprint density at radius 3 is 0.884 bits per heavy atom. The van der Waals surface area contributed by atoms with E-state index in [4.69, 9.17) is 0 Å². The first-order chi connectivity index (χ1) is 54.6. The van der Waals surface area contributed by atoms with E-state index >= 15 is 43.9 Å². The third-order valence-corrected chi connectivity index (χ3v) is 22.5. The van der Waals surface area contributed by atoms with E-state index in [2.05, 4.69) is 13.2 Å². The predicted octanol–water partition coefficient (Wildman–Crippen LogP) is 27.7. The Hall–Kier alpha value is -13.6. The molecule has 0 aliphatic heterocycles. The van der Waals surface area contributed by atoms with E-state index < -0.39 is 80.1 Å². The average molecular weight is 1480 g/mol. The predicted molar refractivity (Wildman–Crippen MR) is 431 cm³/mol. The van der Waals surface area contributed by atoms with Crippen LogP contribution < -0.4 is 9.80 Å². The monoisotopic (exact) mass is 1480 g/mol. The first kappa shape index (κ1) is 70.1. The van der Waals surface area contributed by atoms with Gasteiger partial charge in [-0.1, -0.05) is 280 Å². The molecule has 16 aromatic rings. The van der Waals surface area contributed by atoms with Crippen LogP contribution in [0.15, 0.2) is 329 Å². The number of nitrogens with zero attached hydrogens (tertiary/aromatic N) is 2. The van der Waals surface area contributed by atoms with E-state index in [1.54, 1.807) is 109 Å². The van der Waals surface area contributed by atoms with Crippen LogP contribution in [0.4, 0.5) is 78.0 Å². The second-order valence-corrected chi connectivity index (χ2v) is 28.3. The smallest absolute Gasteiger partial charge is 0.200 e. The summed E-state index contributed by atoms with van der Waals surface area (Å²) >= 11 is 0. The molecule has 0 saturated carbocycles. The van der Waals surface area contributed by atoms with Gasteiger partial charge in [0.05, 0.1) is 22.2 Å². The van der Waals surface area contributed by atoms with Crippen LogP contribution in [-0.2, 0) is 23.7 Å². The molecule has 542 valence electrons. The first-order valence-electron chi connectivity index (χ1n) is 36.5. The fourth-order valence-corrected chi connectivity index (χ4v) is 17.3. The van der Waals surface area contributed by atoms with Gasteiger partial charge in [0, 0.05) is 44.6 Å². The molecule has 2 aliphatic carbocycles. The highest BCUT2D eigenvalue weighted by molar-refractivity contribution is 6.13. The van der Waals surface area contributed by atoms with Gasteiger partial charge in [0.2, 0.25) is 11.6 Å². The van der Waals surface area contributed by atoms with Crippen LogP contribution in [0.1, 0.15) is 55.6 Å². The van der Waals surface area contributed by atoms with Crippen LogP contribution >= 0.6 is 0 Å². The van der Waals surface area contributed by atoms with E-state index in [0.717, 1.165) is 66.1 Å². The Kier molecular flexibility index (Phi) is 17.4. The molecular weight excluding hydrogens is 1420 g/mol. The number of rotatable bonds is 17. The van der Waals surface area contributed by atoms with Gasteiger partial charge in [-0.05, 0) is 184 Å². The standard InChI is InChI=1S/C100H62F10N2/c1-3-59-31-35-61(36-32-59)57-99(87-89(101)93(105)97(109)94(106)90(87)102)81-29-17-15-25-75(81)77-49-47-69(55-83(77)99)111(67-43-39-65(40-44-67)63-19-7-5-8-20-63)85-53-51-73(71-23-11-13-27-79(71)85)74-52-54-86(80-28-14-12-24-72(74)80)112(68-45-41-66(42-46-68)64-21-9-6-10-22-64)70-48-50-78-76-26-16-18-30-82(76)100(84(78)56-70,58-62-37-33-60(4-2)34-38-62)88-91(103)95(107)98(110)96(108)92(88)104/h3-56H,1-2,57-58H2. The normalized spacial score (nSPS) is 14.6. The number of anilines is 6. The molecule has 0 amide bonds. The van der Waals surface area contributed by atoms with Crippen molar-refractivity contribution in [2.24, 2.45) is 0 Å². The lowest BCUT2D eigenvalue weighted by Gasteiger charge is -2.35. The van der Waals surface area contributed by atoms with Crippen LogP contribution in [-0.4, -0.2) is 0 Å². The summed E-state index contributed by atoms with van der Waals surface area (Å²) in [5.41, 5.74) is 9.23. The molecule has 16 aromatic carbocycles. The molecule has 0 saturated heterocycles. The Morgan fingerprint density at radius 2 is 0.527 bits per heavy atom. The number of hydrogen-bond donors (Lipinski definition) is 0. The Morgan fingerprint density at radius 1 is 0.241 bits per heavy atom. The molecule has 0 spiro atoms. The molecule has 2 unspecified atom stereocenters. The quantitative estimate of drug-likeness (QED) is 0.0509. The highest BCUT2D eigenvalue weighted by Gasteiger charge is 2.52. The second-order valence-electron chi connectivity index (χ2n) is 28.3. The number of benzene rings is 16. The van der Waals surface area contributed by atoms with Gasteiger partial charge in [-0.25, -0.2) is 43.9 Å². The summed E-state index contributed by atoms with van der Waals surface area (Å²) in [7, 11) is 0. The van der Waals surface area contributed by atoms with Crippen LogP contribution in [0.3, 0.4) is 0 Å². The van der Waals surface area contributed by atoms with E-state index in [9.17, 15) is 0 Å². The minimum atomic E-state index is -2.27. The maximum Gasteiger partial charge on any atom is 0.200 e. The van der Waals surface area contributed by atoms with Crippen LogP contribution in [0, 0.1) is 58.2 Å². The number of fused-ring (bicyclic) bond motifs is 8. The van der Waals surface area contributed by atoms with Crippen molar-refractivity contribution < 1.29 is 43.9 Å². The van der Waals surface area contributed by atoms with Gasteiger partial charge in [-0.2, -0.15) is 0 Å². The van der Waals surface area contributed by atoms with Crippen molar-refractivity contribution in [2.45, 2.75) is 23.7 Å². The summed E-state index contributed by atoms with van der Waals surface area (Å²) in [4.78, 5) is 4.09. The van der Waals surface area contributed by atoms with Crippen molar-refractivity contribution in [3.8, 4) is 55.6 Å². The lowest BCUT2D eigenvalue weighted by atomic mass is 9.68. The lowest BCUT2D eigenvalue weighted by molar-refractivity contribution is 0.357. The molecule has 0 aromatic heterocycles.